The second-order valence-corrected chi connectivity index (χ2v) is 6.00. The van der Waals surface area contributed by atoms with E-state index in [-0.39, 0.29) is 18.0 Å². The maximum absolute atomic E-state index is 12.1. The first kappa shape index (κ1) is 15.7. The number of nitrogens with zero attached hydrogens (tertiary/aromatic N) is 2. The van der Waals surface area contributed by atoms with Crippen LogP contribution in [0.1, 0.15) is 38.6 Å². The fourth-order valence-electron chi connectivity index (χ4n) is 2.43. The predicted octanol–water partition coefficient (Wildman–Crippen LogP) is 1.38. The Labute approximate surface area is 115 Å². The first-order chi connectivity index (χ1) is 8.75. The lowest BCUT2D eigenvalue weighted by molar-refractivity contribution is -0.123. The summed E-state index contributed by atoms with van der Waals surface area (Å²) in [6, 6.07) is 1.96. The number of aryl methyl sites for hydroxylation is 2. The summed E-state index contributed by atoms with van der Waals surface area (Å²) in [5.41, 5.74) is 7.36. The predicted molar refractivity (Wildman–Crippen MR) is 76.8 cm³/mol. The third kappa shape index (κ3) is 4.67. The number of nitrogens with one attached hydrogen (secondary N) is 1. The summed E-state index contributed by atoms with van der Waals surface area (Å²) in [6.07, 6.45) is 0.867. The Morgan fingerprint density at radius 2 is 2.16 bits per heavy atom. The lowest BCUT2D eigenvalue weighted by Gasteiger charge is -2.31. The molecule has 0 aliphatic carbocycles. The molecule has 0 saturated heterocycles. The molecule has 19 heavy (non-hydrogen) atoms. The molecule has 0 bridgehead atoms. The van der Waals surface area contributed by atoms with Crippen LogP contribution in [-0.4, -0.2) is 27.8 Å². The van der Waals surface area contributed by atoms with Crippen molar-refractivity contribution in [3.8, 4) is 0 Å². The summed E-state index contributed by atoms with van der Waals surface area (Å²) in [4.78, 5) is 12.1. The Bertz CT molecular complexity index is 439. The highest BCUT2D eigenvalue weighted by atomic mass is 16.2. The van der Waals surface area contributed by atoms with E-state index >= 15 is 0 Å². The summed E-state index contributed by atoms with van der Waals surface area (Å²) in [5, 5.41) is 7.33. The zero-order chi connectivity index (χ0) is 14.6. The molecular weight excluding hydrogens is 240 g/mol. The average Bonchev–Trinajstić information content (AvgIpc) is 2.55. The molecule has 0 radical (unpaired) electrons. The molecule has 1 aromatic rings. The third-order valence-electron chi connectivity index (χ3n) is 3.15. The second-order valence-electron chi connectivity index (χ2n) is 6.00. The van der Waals surface area contributed by atoms with Crippen molar-refractivity contribution in [1.82, 2.24) is 15.1 Å². The molecule has 0 fully saturated rings. The van der Waals surface area contributed by atoms with Crippen LogP contribution in [0.4, 0.5) is 0 Å². The van der Waals surface area contributed by atoms with E-state index in [1.54, 1.807) is 4.68 Å². The van der Waals surface area contributed by atoms with Crippen LogP contribution >= 0.6 is 0 Å². The molecule has 1 atom stereocenters. The molecule has 5 heteroatoms. The molecule has 0 aromatic carbocycles. The van der Waals surface area contributed by atoms with Gasteiger partial charge in [-0.15, -0.1) is 0 Å². The van der Waals surface area contributed by atoms with Gasteiger partial charge in [-0.1, -0.05) is 13.8 Å². The minimum atomic E-state index is -0.346. The van der Waals surface area contributed by atoms with Gasteiger partial charge in [0, 0.05) is 17.8 Å². The zero-order valence-electron chi connectivity index (χ0n) is 12.7. The first-order valence-corrected chi connectivity index (χ1v) is 6.78. The normalized spacial score (nSPS) is 14.5. The van der Waals surface area contributed by atoms with Crippen LogP contribution in [-0.2, 0) is 11.3 Å². The van der Waals surface area contributed by atoms with Crippen LogP contribution in [0.5, 0.6) is 0 Å². The quantitative estimate of drug-likeness (QED) is 0.817. The van der Waals surface area contributed by atoms with Crippen LogP contribution in [0.2, 0.25) is 0 Å². The van der Waals surface area contributed by atoms with E-state index in [2.05, 4.69) is 24.3 Å². The van der Waals surface area contributed by atoms with Crippen LogP contribution < -0.4 is 11.1 Å². The third-order valence-corrected chi connectivity index (χ3v) is 3.15. The van der Waals surface area contributed by atoms with E-state index in [4.69, 9.17) is 5.73 Å². The fraction of sp³-hybridized carbons (Fsp3) is 0.714. The maximum Gasteiger partial charge on any atom is 0.242 e. The molecule has 0 spiro atoms. The maximum atomic E-state index is 12.1. The molecule has 0 aliphatic rings. The second kappa shape index (κ2) is 6.19. The summed E-state index contributed by atoms with van der Waals surface area (Å²) in [5.74, 6) is 0.447. The van der Waals surface area contributed by atoms with Gasteiger partial charge in [0.2, 0.25) is 5.91 Å². The van der Waals surface area contributed by atoms with Crippen molar-refractivity contribution >= 4 is 5.91 Å². The van der Waals surface area contributed by atoms with Crippen molar-refractivity contribution in [1.29, 1.82) is 0 Å². The van der Waals surface area contributed by atoms with Gasteiger partial charge in [0.25, 0.3) is 0 Å². The van der Waals surface area contributed by atoms with Crippen LogP contribution in [0.3, 0.4) is 0 Å². The molecule has 1 rings (SSSR count). The van der Waals surface area contributed by atoms with E-state index in [9.17, 15) is 4.79 Å². The number of carbonyl (C=O) groups excluding carboxylic acids is 1. The van der Waals surface area contributed by atoms with E-state index in [1.807, 2.05) is 26.8 Å². The number of amides is 1. The van der Waals surface area contributed by atoms with Gasteiger partial charge in [-0.25, -0.2) is 0 Å². The topological polar surface area (TPSA) is 72.9 Å². The lowest BCUT2D eigenvalue weighted by Crippen LogP contribution is -2.53. The number of hydrogen-bond donors (Lipinski definition) is 2. The van der Waals surface area contributed by atoms with Crippen molar-refractivity contribution in [3.63, 3.8) is 0 Å². The van der Waals surface area contributed by atoms with Crippen molar-refractivity contribution in [2.75, 3.05) is 6.54 Å². The largest absolute Gasteiger partial charge is 0.348 e. The SMILES string of the molecule is Cc1cc(C)n(CC(=O)NC(C)(CN)CC(C)C)n1. The molecule has 0 saturated carbocycles. The standard InChI is InChI=1S/C14H26N4O/c1-10(2)7-14(5,9-15)16-13(19)8-18-12(4)6-11(3)17-18/h6,10H,7-9,15H2,1-5H3,(H,16,19). The smallest absolute Gasteiger partial charge is 0.242 e. The molecule has 108 valence electrons. The molecule has 0 aliphatic heterocycles. The van der Waals surface area contributed by atoms with Crippen LogP contribution in [0.25, 0.3) is 0 Å². The Hall–Kier alpha value is -1.36. The highest BCUT2D eigenvalue weighted by Crippen LogP contribution is 2.15. The van der Waals surface area contributed by atoms with E-state index in [0.717, 1.165) is 17.8 Å². The highest BCUT2D eigenvalue weighted by molar-refractivity contribution is 5.76. The number of carbonyl (C=O) groups is 1. The number of hydrogen-bond acceptors (Lipinski definition) is 3. The van der Waals surface area contributed by atoms with Gasteiger partial charge in [-0.3, -0.25) is 9.48 Å². The number of nitrogens with two attached hydrogens (primary N) is 1. The molecule has 5 nitrogen and oxygen atoms in total. The Morgan fingerprint density at radius 1 is 1.53 bits per heavy atom. The zero-order valence-corrected chi connectivity index (χ0v) is 12.7. The lowest BCUT2D eigenvalue weighted by atomic mass is 9.91. The van der Waals surface area contributed by atoms with Gasteiger partial charge < -0.3 is 11.1 Å². The average molecular weight is 266 g/mol. The van der Waals surface area contributed by atoms with Crippen molar-refractivity contribution in [2.24, 2.45) is 11.7 Å². The minimum Gasteiger partial charge on any atom is -0.348 e. The molecule has 1 heterocycles. The van der Waals surface area contributed by atoms with Crippen molar-refractivity contribution < 1.29 is 4.79 Å². The van der Waals surface area contributed by atoms with E-state index in [0.29, 0.717) is 12.5 Å². The molecule has 1 unspecified atom stereocenters. The fourth-order valence-corrected chi connectivity index (χ4v) is 2.43. The van der Waals surface area contributed by atoms with Crippen LogP contribution in [0, 0.1) is 19.8 Å². The van der Waals surface area contributed by atoms with Crippen molar-refractivity contribution in [2.45, 2.75) is 53.1 Å². The Balaban J connectivity index is 2.66. The van der Waals surface area contributed by atoms with Crippen molar-refractivity contribution in [3.05, 3.63) is 17.5 Å². The molecule has 1 amide bonds. The monoisotopic (exact) mass is 266 g/mol. The van der Waals surface area contributed by atoms with Gasteiger partial charge in [-0.2, -0.15) is 5.10 Å². The minimum absolute atomic E-state index is 0.0419. The molecular formula is C14H26N4O. The van der Waals surface area contributed by atoms with Gasteiger partial charge >= 0.3 is 0 Å². The highest BCUT2D eigenvalue weighted by Gasteiger charge is 2.26. The Morgan fingerprint density at radius 3 is 2.58 bits per heavy atom. The summed E-state index contributed by atoms with van der Waals surface area (Å²) in [6.45, 7) is 10.8. The number of rotatable bonds is 6. The van der Waals surface area contributed by atoms with E-state index < -0.39 is 0 Å². The van der Waals surface area contributed by atoms with E-state index in [1.165, 1.54) is 0 Å². The Kier molecular flexibility index (Phi) is 5.11. The first-order valence-electron chi connectivity index (χ1n) is 6.78. The van der Waals surface area contributed by atoms with Gasteiger partial charge in [0.15, 0.2) is 0 Å². The van der Waals surface area contributed by atoms with Gasteiger partial charge in [0.05, 0.1) is 5.69 Å². The summed E-state index contributed by atoms with van der Waals surface area (Å²) < 4.78 is 1.72. The molecule has 1 aromatic heterocycles. The van der Waals surface area contributed by atoms with Crippen LogP contribution in [0.15, 0.2) is 6.07 Å². The summed E-state index contributed by atoms with van der Waals surface area (Å²) >= 11 is 0. The molecule has 3 N–H and O–H groups in total. The number of aromatic nitrogens is 2. The van der Waals surface area contributed by atoms with Gasteiger partial charge in [-0.05, 0) is 39.2 Å². The van der Waals surface area contributed by atoms with Gasteiger partial charge in [0.1, 0.15) is 6.54 Å². The summed E-state index contributed by atoms with van der Waals surface area (Å²) in [7, 11) is 0.